The van der Waals surface area contributed by atoms with Crippen molar-refractivity contribution in [2.75, 3.05) is 0 Å². The maximum absolute atomic E-state index is 10.8. The zero-order valence-electron chi connectivity index (χ0n) is 11.0. The Morgan fingerprint density at radius 1 is 1.10 bits per heavy atom. The van der Waals surface area contributed by atoms with Crippen LogP contribution in [0.5, 0.6) is 5.75 Å². The van der Waals surface area contributed by atoms with Gasteiger partial charge >= 0.3 is 0 Å². The van der Waals surface area contributed by atoms with Crippen molar-refractivity contribution >= 4 is 6.29 Å². The topological polar surface area (TPSA) is 50.1 Å². The molecule has 0 aliphatic heterocycles. The van der Waals surface area contributed by atoms with Crippen LogP contribution in [0.4, 0.5) is 0 Å². The molecule has 0 aliphatic rings. The van der Waals surface area contributed by atoms with Gasteiger partial charge in [-0.15, -0.1) is 0 Å². The lowest BCUT2D eigenvalue weighted by Crippen LogP contribution is -2.05. The minimum absolute atomic E-state index is 0.380. The molecule has 3 heteroatoms. The van der Waals surface area contributed by atoms with Gasteiger partial charge in [0.05, 0.1) is 6.07 Å². The Morgan fingerprint density at radius 2 is 1.80 bits per heavy atom. The van der Waals surface area contributed by atoms with Crippen LogP contribution in [0.25, 0.3) is 0 Å². The standard InChI is InChI=1S/C17H15NO2/c18-11-15(12-19)10-16-8-4-5-9-17(16)20-13-14-6-2-1-3-7-14/h1-9,12,15H,10,13H2. The van der Waals surface area contributed by atoms with E-state index in [0.717, 1.165) is 16.9 Å². The van der Waals surface area contributed by atoms with Crippen LogP contribution in [-0.2, 0) is 17.8 Å². The Bertz CT molecular complexity index is 602. The van der Waals surface area contributed by atoms with Gasteiger partial charge in [-0.2, -0.15) is 5.26 Å². The van der Waals surface area contributed by atoms with Gasteiger partial charge in [0, 0.05) is 0 Å². The molecule has 0 aliphatic carbocycles. The molecule has 0 saturated heterocycles. The molecule has 0 N–H and O–H groups in total. The summed E-state index contributed by atoms with van der Waals surface area (Å²) in [5.74, 6) is 0.0925. The molecule has 100 valence electrons. The molecule has 0 amide bonds. The summed E-state index contributed by atoms with van der Waals surface area (Å²) in [6.45, 7) is 0.468. The van der Waals surface area contributed by atoms with Crippen LogP contribution < -0.4 is 4.74 Å². The molecule has 0 heterocycles. The first-order chi connectivity index (χ1) is 9.83. The highest BCUT2D eigenvalue weighted by molar-refractivity contribution is 5.58. The lowest BCUT2D eigenvalue weighted by atomic mass is 10.0. The second kappa shape index (κ2) is 7.10. The maximum Gasteiger partial charge on any atom is 0.137 e. The van der Waals surface area contributed by atoms with Crippen LogP contribution in [0.15, 0.2) is 54.6 Å². The Kier molecular flexibility index (Phi) is 4.91. The molecular weight excluding hydrogens is 250 g/mol. The van der Waals surface area contributed by atoms with Crippen molar-refractivity contribution in [2.45, 2.75) is 13.0 Å². The Balaban J connectivity index is 2.08. The molecule has 0 aromatic heterocycles. The van der Waals surface area contributed by atoms with Gasteiger partial charge in [-0.05, 0) is 23.6 Å². The zero-order chi connectivity index (χ0) is 14.2. The van der Waals surface area contributed by atoms with Gasteiger partial charge in [0.1, 0.15) is 24.6 Å². The highest BCUT2D eigenvalue weighted by Crippen LogP contribution is 2.22. The third-order valence-corrected chi connectivity index (χ3v) is 2.98. The van der Waals surface area contributed by atoms with Gasteiger partial charge in [-0.25, -0.2) is 0 Å². The summed E-state index contributed by atoms with van der Waals surface area (Å²) in [5.41, 5.74) is 1.96. The van der Waals surface area contributed by atoms with Gasteiger partial charge in [0.2, 0.25) is 0 Å². The van der Waals surface area contributed by atoms with Gasteiger partial charge in [0.15, 0.2) is 0 Å². The minimum Gasteiger partial charge on any atom is -0.489 e. The molecule has 1 unspecified atom stereocenters. The number of hydrogen-bond donors (Lipinski definition) is 0. The van der Waals surface area contributed by atoms with E-state index >= 15 is 0 Å². The highest BCUT2D eigenvalue weighted by atomic mass is 16.5. The second-order valence-corrected chi connectivity index (χ2v) is 4.46. The Labute approximate surface area is 118 Å². The molecule has 0 fully saturated rings. The van der Waals surface area contributed by atoms with E-state index in [1.54, 1.807) is 0 Å². The normalized spacial score (nSPS) is 11.3. The summed E-state index contributed by atoms with van der Waals surface area (Å²) in [6.07, 6.45) is 1.05. The van der Waals surface area contributed by atoms with E-state index < -0.39 is 5.92 Å². The van der Waals surface area contributed by atoms with Crippen molar-refractivity contribution in [3.05, 3.63) is 65.7 Å². The molecule has 0 radical (unpaired) electrons. The van der Waals surface area contributed by atoms with Crippen LogP contribution in [-0.4, -0.2) is 6.29 Å². The van der Waals surface area contributed by atoms with Crippen molar-refractivity contribution in [1.82, 2.24) is 0 Å². The van der Waals surface area contributed by atoms with E-state index in [2.05, 4.69) is 0 Å². The number of benzene rings is 2. The number of nitriles is 1. The van der Waals surface area contributed by atoms with Crippen molar-refractivity contribution in [2.24, 2.45) is 5.92 Å². The van der Waals surface area contributed by atoms with Crippen molar-refractivity contribution in [1.29, 1.82) is 5.26 Å². The summed E-state index contributed by atoms with van der Waals surface area (Å²) in [7, 11) is 0. The highest BCUT2D eigenvalue weighted by Gasteiger charge is 2.11. The molecule has 0 saturated carbocycles. The maximum atomic E-state index is 10.8. The predicted molar refractivity (Wildman–Crippen MR) is 76.1 cm³/mol. The lowest BCUT2D eigenvalue weighted by Gasteiger charge is -2.11. The van der Waals surface area contributed by atoms with Crippen LogP contribution in [0.2, 0.25) is 0 Å². The molecule has 0 spiro atoms. The molecule has 3 nitrogen and oxygen atoms in total. The molecule has 2 aromatic carbocycles. The van der Waals surface area contributed by atoms with Crippen LogP contribution in [0.3, 0.4) is 0 Å². The molecule has 2 rings (SSSR count). The fourth-order valence-electron chi connectivity index (χ4n) is 1.91. The first kappa shape index (κ1) is 13.8. The summed E-state index contributed by atoms with van der Waals surface area (Å²) in [5, 5.41) is 8.86. The zero-order valence-corrected chi connectivity index (χ0v) is 11.0. The van der Waals surface area contributed by atoms with E-state index in [-0.39, 0.29) is 0 Å². The van der Waals surface area contributed by atoms with Crippen LogP contribution in [0.1, 0.15) is 11.1 Å². The minimum atomic E-state index is -0.628. The second-order valence-electron chi connectivity index (χ2n) is 4.46. The summed E-state index contributed by atoms with van der Waals surface area (Å²) in [4.78, 5) is 10.8. The van der Waals surface area contributed by atoms with E-state index in [1.165, 1.54) is 0 Å². The van der Waals surface area contributed by atoms with Crippen molar-refractivity contribution in [3.8, 4) is 11.8 Å². The van der Waals surface area contributed by atoms with Crippen molar-refractivity contribution in [3.63, 3.8) is 0 Å². The molecule has 2 aromatic rings. The Hall–Kier alpha value is -2.60. The Morgan fingerprint density at radius 3 is 2.50 bits per heavy atom. The number of hydrogen-bond acceptors (Lipinski definition) is 3. The number of rotatable bonds is 6. The third kappa shape index (κ3) is 3.69. The third-order valence-electron chi connectivity index (χ3n) is 2.98. The van der Waals surface area contributed by atoms with Crippen LogP contribution >= 0.6 is 0 Å². The fourth-order valence-corrected chi connectivity index (χ4v) is 1.91. The van der Waals surface area contributed by atoms with Gasteiger partial charge < -0.3 is 9.53 Å². The van der Waals surface area contributed by atoms with Gasteiger partial charge in [0.25, 0.3) is 0 Å². The number of carbonyl (C=O) groups is 1. The molecule has 1 atom stereocenters. The first-order valence-corrected chi connectivity index (χ1v) is 6.43. The predicted octanol–water partition coefficient (Wildman–Crippen LogP) is 3.15. The van der Waals surface area contributed by atoms with Gasteiger partial charge in [-0.3, -0.25) is 0 Å². The van der Waals surface area contributed by atoms with Crippen LogP contribution in [0, 0.1) is 17.2 Å². The number of carbonyl (C=O) groups excluding carboxylic acids is 1. The average molecular weight is 265 g/mol. The largest absolute Gasteiger partial charge is 0.489 e. The average Bonchev–Trinajstić information content (AvgIpc) is 2.52. The number of para-hydroxylation sites is 1. The van der Waals surface area contributed by atoms with E-state index in [9.17, 15) is 4.79 Å². The summed E-state index contributed by atoms with van der Waals surface area (Å²) < 4.78 is 5.79. The quantitative estimate of drug-likeness (QED) is 0.754. The number of aldehydes is 1. The first-order valence-electron chi connectivity index (χ1n) is 6.43. The fraction of sp³-hybridized carbons (Fsp3) is 0.176. The van der Waals surface area contributed by atoms with E-state index in [1.807, 2.05) is 60.7 Å². The number of nitrogens with zero attached hydrogens (tertiary/aromatic N) is 1. The summed E-state index contributed by atoms with van der Waals surface area (Å²) in [6, 6.07) is 19.3. The van der Waals surface area contributed by atoms with E-state index in [4.69, 9.17) is 10.00 Å². The molecular formula is C17H15NO2. The van der Waals surface area contributed by atoms with Crippen molar-refractivity contribution < 1.29 is 9.53 Å². The lowest BCUT2D eigenvalue weighted by molar-refractivity contribution is -0.109. The van der Waals surface area contributed by atoms with Gasteiger partial charge in [-0.1, -0.05) is 48.5 Å². The number of ether oxygens (including phenoxy) is 1. The summed E-state index contributed by atoms with van der Waals surface area (Å²) >= 11 is 0. The SMILES string of the molecule is N#CC(C=O)Cc1ccccc1OCc1ccccc1. The molecule has 0 bridgehead atoms. The monoisotopic (exact) mass is 265 g/mol. The van der Waals surface area contributed by atoms with E-state index in [0.29, 0.717) is 19.3 Å². The smallest absolute Gasteiger partial charge is 0.137 e. The molecule has 20 heavy (non-hydrogen) atoms.